The molecule has 0 aliphatic carbocycles. The molecule has 0 spiro atoms. The number of fused-ring (bicyclic) bond motifs is 1. The molecule has 1 aliphatic rings. The van der Waals surface area contributed by atoms with Gasteiger partial charge in [0.25, 0.3) is 0 Å². The van der Waals surface area contributed by atoms with Gasteiger partial charge in [-0.2, -0.15) is 11.8 Å². The second kappa shape index (κ2) is 5.10. The van der Waals surface area contributed by atoms with E-state index in [1.54, 1.807) is 0 Å². The zero-order valence-corrected chi connectivity index (χ0v) is 9.74. The molecule has 0 bridgehead atoms. The summed E-state index contributed by atoms with van der Waals surface area (Å²) in [5.41, 5.74) is 6.99. The second-order valence-corrected chi connectivity index (χ2v) is 5.91. The molecule has 0 amide bonds. The van der Waals surface area contributed by atoms with Gasteiger partial charge in [-0.05, 0) is 18.1 Å². The first kappa shape index (κ1) is 10.4. The Balaban J connectivity index is 1.86. The van der Waals surface area contributed by atoms with E-state index in [9.17, 15) is 0 Å². The van der Waals surface area contributed by atoms with E-state index in [2.05, 4.69) is 24.3 Å². The van der Waals surface area contributed by atoms with Gasteiger partial charge < -0.3 is 5.73 Å². The molecule has 1 aliphatic heterocycles. The van der Waals surface area contributed by atoms with Gasteiger partial charge in [0, 0.05) is 28.2 Å². The van der Waals surface area contributed by atoms with E-state index in [4.69, 9.17) is 5.73 Å². The molecular weight excluding hydrogens is 210 g/mol. The Morgan fingerprint density at radius 2 is 2.29 bits per heavy atom. The van der Waals surface area contributed by atoms with Crippen LogP contribution in [0.1, 0.15) is 5.56 Å². The fraction of sp³-hybridized carbons (Fsp3) is 0.455. The number of hydrogen-bond acceptors (Lipinski definition) is 3. The van der Waals surface area contributed by atoms with E-state index in [0.717, 1.165) is 17.5 Å². The van der Waals surface area contributed by atoms with Gasteiger partial charge in [-0.15, -0.1) is 11.8 Å². The molecule has 0 fully saturated rings. The van der Waals surface area contributed by atoms with Gasteiger partial charge >= 0.3 is 0 Å². The van der Waals surface area contributed by atoms with Crippen LogP contribution >= 0.6 is 23.5 Å². The van der Waals surface area contributed by atoms with Crippen molar-refractivity contribution in [3.8, 4) is 0 Å². The summed E-state index contributed by atoms with van der Waals surface area (Å²) in [5, 5.41) is 0.768. The van der Waals surface area contributed by atoms with Crippen LogP contribution in [0.5, 0.6) is 0 Å². The minimum Gasteiger partial charge on any atom is -0.330 e. The molecule has 0 saturated carbocycles. The fourth-order valence-corrected chi connectivity index (χ4v) is 4.00. The van der Waals surface area contributed by atoms with E-state index in [1.807, 2.05) is 23.5 Å². The third kappa shape index (κ3) is 2.47. The highest BCUT2D eigenvalue weighted by molar-refractivity contribution is 8.03. The first-order valence-electron chi connectivity index (χ1n) is 4.92. The number of rotatable bonds is 4. The Labute approximate surface area is 93.8 Å². The van der Waals surface area contributed by atoms with Crippen molar-refractivity contribution in [3.05, 3.63) is 29.8 Å². The number of thioether (sulfide) groups is 2. The van der Waals surface area contributed by atoms with E-state index in [1.165, 1.54) is 22.6 Å². The molecule has 0 radical (unpaired) electrons. The third-order valence-corrected chi connectivity index (χ3v) is 4.97. The van der Waals surface area contributed by atoms with Gasteiger partial charge in [-0.1, -0.05) is 18.2 Å². The first-order chi connectivity index (χ1) is 6.90. The highest BCUT2D eigenvalue weighted by Gasteiger charge is 2.20. The molecule has 1 atom stereocenters. The molecule has 0 saturated heterocycles. The molecule has 2 rings (SSSR count). The van der Waals surface area contributed by atoms with Crippen molar-refractivity contribution in [2.75, 3.05) is 18.1 Å². The second-order valence-electron chi connectivity index (χ2n) is 3.42. The standard InChI is InChI=1S/C11H15NS2/c12-5-6-13-8-10-7-9-3-1-2-4-11(9)14-10/h1-4,10H,5-8,12H2. The Bertz CT molecular complexity index is 276. The summed E-state index contributed by atoms with van der Waals surface area (Å²) < 4.78 is 0. The number of hydrogen-bond donors (Lipinski definition) is 1. The van der Waals surface area contributed by atoms with E-state index >= 15 is 0 Å². The fourth-order valence-electron chi connectivity index (χ4n) is 1.65. The predicted octanol–water partition coefficient (Wildman–Crippen LogP) is 2.40. The average Bonchev–Trinajstić information content (AvgIpc) is 2.60. The number of benzene rings is 1. The maximum atomic E-state index is 5.47. The smallest absolute Gasteiger partial charge is 0.0226 e. The maximum absolute atomic E-state index is 5.47. The molecule has 1 aromatic carbocycles. The van der Waals surface area contributed by atoms with Gasteiger partial charge in [0.1, 0.15) is 0 Å². The van der Waals surface area contributed by atoms with Crippen molar-refractivity contribution in [1.29, 1.82) is 0 Å². The van der Waals surface area contributed by atoms with Crippen molar-refractivity contribution in [2.45, 2.75) is 16.6 Å². The van der Waals surface area contributed by atoms with Crippen molar-refractivity contribution in [2.24, 2.45) is 5.73 Å². The summed E-state index contributed by atoms with van der Waals surface area (Å²) in [4.78, 5) is 1.48. The summed E-state index contributed by atoms with van der Waals surface area (Å²) in [6, 6.07) is 8.74. The lowest BCUT2D eigenvalue weighted by molar-refractivity contribution is 0.969. The van der Waals surface area contributed by atoms with Gasteiger partial charge in [0.15, 0.2) is 0 Å². The average molecular weight is 225 g/mol. The van der Waals surface area contributed by atoms with Crippen LogP contribution in [0.15, 0.2) is 29.2 Å². The Hall–Kier alpha value is -0.120. The minimum absolute atomic E-state index is 0.768. The molecule has 76 valence electrons. The molecule has 3 heteroatoms. The van der Waals surface area contributed by atoms with Crippen LogP contribution in [0.2, 0.25) is 0 Å². The van der Waals surface area contributed by atoms with Crippen LogP contribution in [-0.4, -0.2) is 23.3 Å². The quantitative estimate of drug-likeness (QED) is 0.797. The Morgan fingerprint density at radius 1 is 1.43 bits per heavy atom. The SMILES string of the molecule is NCCSCC1Cc2ccccc2S1. The lowest BCUT2D eigenvalue weighted by atomic mass is 10.1. The molecule has 0 aromatic heterocycles. The zero-order valence-electron chi connectivity index (χ0n) is 8.11. The summed E-state index contributed by atoms with van der Waals surface area (Å²) in [6.45, 7) is 0.801. The van der Waals surface area contributed by atoms with Crippen molar-refractivity contribution in [3.63, 3.8) is 0 Å². The maximum Gasteiger partial charge on any atom is 0.0226 e. The van der Waals surface area contributed by atoms with Gasteiger partial charge in [0.2, 0.25) is 0 Å². The lowest BCUT2D eigenvalue weighted by Crippen LogP contribution is -2.08. The molecule has 1 heterocycles. The molecule has 14 heavy (non-hydrogen) atoms. The van der Waals surface area contributed by atoms with Crippen molar-refractivity contribution >= 4 is 23.5 Å². The minimum atomic E-state index is 0.768. The molecule has 1 nitrogen and oxygen atoms in total. The van der Waals surface area contributed by atoms with Crippen molar-refractivity contribution < 1.29 is 0 Å². The van der Waals surface area contributed by atoms with E-state index in [0.29, 0.717) is 0 Å². The summed E-state index contributed by atoms with van der Waals surface area (Å²) in [7, 11) is 0. The Morgan fingerprint density at radius 3 is 3.07 bits per heavy atom. The van der Waals surface area contributed by atoms with Gasteiger partial charge in [0.05, 0.1) is 0 Å². The molecule has 1 unspecified atom stereocenters. The normalized spacial score (nSPS) is 19.6. The highest BCUT2D eigenvalue weighted by Crippen LogP contribution is 2.37. The summed E-state index contributed by atoms with van der Waals surface area (Å²) >= 11 is 4.00. The van der Waals surface area contributed by atoms with Gasteiger partial charge in [-0.3, -0.25) is 0 Å². The van der Waals surface area contributed by atoms with Crippen LogP contribution in [0.4, 0.5) is 0 Å². The largest absolute Gasteiger partial charge is 0.330 e. The third-order valence-electron chi connectivity index (χ3n) is 2.28. The predicted molar refractivity (Wildman–Crippen MR) is 66.2 cm³/mol. The molecular formula is C11H15NS2. The van der Waals surface area contributed by atoms with Crippen LogP contribution in [0.3, 0.4) is 0 Å². The zero-order chi connectivity index (χ0) is 9.80. The highest BCUT2D eigenvalue weighted by atomic mass is 32.2. The van der Waals surface area contributed by atoms with E-state index in [-0.39, 0.29) is 0 Å². The van der Waals surface area contributed by atoms with Crippen LogP contribution in [-0.2, 0) is 6.42 Å². The summed E-state index contributed by atoms with van der Waals surface area (Å²) in [6.07, 6.45) is 1.23. The Kier molecular flexibility index (Phi) is 3.79. The topological polar surface area (TPSA) is 26.0 Å². The molecule has 1 aromatic rings. The van der Waals surface area contributed by atoms with Crippen LogP contribution in [0, 0.1) is 0 Å². The first-order valence-corrected chi connectivity index (χ1v) is 6.96. The number of nitrogens with two attached hydrogens (primary N) is 1. The lowest BCUT2D eigenvalue weighted by Gasteiger charge is -2.06. The van der Waals surface area contributed by atoms with Crippen molar-refractivity contribution in [1.82, 2.24) is 0 Å². The molecule has 2 N–H and O–H groups in total. The monoisotopic (exact) mass is 225 g/mol. The van der Waals surface area contributed by atoms with E-state index < -0.39 is 0 Å². The summed E-state index contributed by atoms with van der Waals surface area (Å²) in [5.74, 6) is 2.32. The van der Waals surface area contributed by atoms with Gasteiger partial charge in [-0.25, -0.2) is 0 Å². The van der Waals surface area contributed by atoms with Crippen LogP contribution in [0.25, 0.3) is 0 Å². The van der Waals surface area contributed by atoms with Crippen LogP contribution < -0.4 is 5.73 Å².